The van der Waals surface area contributed by atoms with Crippen LogP contribution in [0.4, 0.5) is 0 Å². The molecule has 4 nitrogen and oxygen atoms in total. The molecule has 0 N–H and O–H groups in total. The van der Waals surface area contributed by atoms with Crippen LogP contribution in [0, 0.1) is 0 Å². The van der Waals surface area contributed by atoms with E-state index < -0.39 is 5.97 Å². The minimum Gasteiger partial charge on any atom is -0.545 e. The molecule has 0 atom stereocenters. The third-order valence-electron chi connectivity index (χ3n) is 3.09. The molecule has 3 aromatic rings. The fourth-order valence-electron chi connectivity index (χ4n) is 2.18. The second kappa shape index (κ2) is 4.66. The van der Waals surface area contributed by atoms with E-state index in [1.54, 1.807) is 6.07 Å². The second-order valence-electron chi connectivity index (χ2n) is 4.33. The van der Waals surface area contributed by atoms with Crippen LogP contribution in [0.15, 0.2) is 57.9 Å². The molecule has 20 heavy (non-hydrogen) atoms. The molecular weight excluding hydrogens is 256 g/mol. The molecule has 1 heterocycles. The number of carbonyl (C=O) groups excluding carboxylic acids is 1. The minimum atomic E-state index is -1.36. The Bertz CT molecular complexity index is 903. The summed E-state index contributed by atoms with van der Waals surface area (Å²) >= 11 is 0. The Kier molecular flexibility index (Phi) is 2.84. The fraction of sp³-hybridized carbons (Fsp3) is 0. The molecule has 0 saturated carbocycles. The smallest absolute Gasteiger partial charge is 0.200 e. The number of fused-ring (bicyclic) bond motifs is 3. The first-order valence-corrected chi connectivity index (χ1v) is 5.99. The number of carbonyl (C=O) groups is 1. The monoisotopic (exact) mass is 265 g/mol. The van der Waals surface area contributed by atoms with Gasteiger partial charge in [0.1, 0.15) is 11.8 Å². The molecule has 0 bridgehead atoms. The Balaban J connectivity index is 2.38. The first-order chi connectivity index (χ1) is 9.66. The summed E-state index contributed by atoms with van der Waals surface area (Å²) in [4.78, 5) is 22.9. The molecule has 1 aromatic heterocycles. The molecule has 3 rings (SSSR count). The van der Waals surface area contributed by atoms with Crippen LogP contribution in [-0.4, -0.2) is 5.97 Å². The van der Waals surface area contributed by atoms with Crippen LogP contribution in [-0.2, 0) is 4.79 Å². The highest BCUT2D eigenvalue weighted by Gasteiger charge is 2.08. The summed E-state index contributed by atoms with van der Waals surface area (Å²) in [5.74, 6) is -1.36. The van der Waals surface area contributed by atoms with E-state index in [2.05, 4.69) is 0 Å². The third-order valence-corrected chi connectivity index (χ3v) is 3.09. The Morgan fingerprint density at radius 1 is 1.15 bits per heavy atom. The van der Waals surface area contributed by atoms with Gasteiger partial charge in [0.25, 0.3) is 0 Å². The highest BCUT2D eigenvalue weighted by Crippen LogP contribution is 2.23. The van der Waals surface area contributed by atoms with Gasteiger partial charge in [-0.2, -0.15) is 0 Å². The molecule has 2 aromatic carbocycles. The van der Waals surface area contributed by atoms with Crippen LogP contribution in [0.25, 0.3) is 27.8 Å². The predicted molar refractivity (Wildman–Crippen MR) is 74.0 cm³/mol. The maximum absolute atomic E-state index is 12.4. The van der Waals surface area contributed by atoms with E-state index in [-0.39, 0.29) is 11.0 Å². The minimum absolute atomic E-state index is 0.179. The molecule has 98 valence electrons. The van der Waals surface area contributed by atoms with Gasteiger partial charge in [-0.15, -0.1) is 0 Å². The van der Waals surface area contributed by atoms with Crippen molar-refractivity contribution < 1.29 is 14.3 Å². The van der Waals surface area contributed by atoms with Crippen LogP contribution in [0.1, 0.15) is 5.56 Å². The molecule has 0 fully saturated rings. The third kappa shape index (κ3) is 1.97. The lowest BCUT2D eigenvalue weighted by atomic mass is 10.0. The Morgan fingerprint density at radius 2 is 1.95 bits per heavy atom. The molecule has 0 unspecified atom stereocenters. The van der Waals surface area contributed by atoms with E-state index in [9.17, 15) is 14.7 Å². The largest absolute Gasteiger partial charge is 0.545 e. The van der Waals surface area contributed by atoms with Crippen LogP contribution in [0.2, 0.25) is 0 Å². The van der Waals surface area contributed by atoms with Crippen LogP contribution in [0.5, 0.6) is 0 Å². The van der Waals surface area contributed by atoms with Crippen molar-refractivity contribution in [2.75, 3.05) is 0 Å². The number of benzene rings is 2. The number of aliphatic carboxylic acids is 1. The molecule has 0 radical (unpaired) electrons. The standard InChI is InChI=1S/C16H10O4/c17-14(18)8-6-11-9-20-13-7-5-10-3-1-2-4-12(10)15(13)16(11)19/h1-9H,(H,17,18)/p-1/b8-6+. The van der Waals surface area contributed by atoms with E-state index >= 15 is 0 Å². The van der Waals surface area contributed by atoms with Gasteiger partial charge in [-0.25, -0.2) is 0 Å². The molecular formula is C16H9O4-. The number of carboxylic acid groups (broad SMARTS) is 1. The highest BCUT2D eigenvalue weighted by atomic mass is 16.4. The summed E-state index contributed by atoms with van der Waals surface area (Å²) in [5, 5.41) is 12.6. The zero-order chi connectivity index (χ0) is 14.1. The van der Waals surface area contributed by atoms with E-state index in [0.717, 1.165) is 16.8 Å². The molecule has 0 aliphatic carbocycles. The normalized spacial score (nSPS) is 11.4. The van der Waals surface area contributed by atoms with Gasteiger partial charge in [-0.3, -0.25) is 4.79 Å². The summed E-state index contributed by atoms with van der Waals surface area (Å²) in [7, 11) is 0. The lowest BCUT2D eigenvalue weighted by Crippen LogP contribution is -2.18. The molecule has 0 amide bonds. The first kappa shape index (κ1) is 12.2. The van der Waals surface area contributed by atoms with Crippen molar-refractivity contribution >= 4 is 33.8 Å². The summed E-state index contributed by atoms with van der Waals surface area (Å²) < 4.78 is 5.40. The van der Waals surface area contributed by atoms with Crippen molar-refractivity contribution in [3.05, 3.63) is 64.5 Å². The van der Waals surface area contributed by atoms with Crippen LogP contribution in [0.3, 0.4) is 0 Å². The van der Waals surface area contributed by atoms with Crippen molar-refractivity contribution in [2.45, 2.75) is 0 Å². The van der Waals surface area contributed by atoms with Crippen molar-refractivity contribution in [1.29, 1.82) is 0 Å². The SMILES string of the molecule is O=C([O-])/C=C/c1coc2ccc3ccccc3c2c1=O. The molecule has 0 aliphatic rings. The molecule has 4 heteroatoms. The Morgan fingerprint density at radius 3 is 2.75 bits per heavy atom. The van der Waals surface area contributed by atoms with E-state index in [0.29, 0.717) is 11.0 Å². The number of carboxylic acids is 1. The van der Waals surface area contributed by atoms with Crippen molar-refractivity contribution in [2.24, 2.45) is 0 Å². The van der Waals surface area contributed by atoms with Gasteiger partial charge in [-0.05, 0) is 29.0 Å². The molecule has 0 saturated heterocycles. The summed E-state index contributed by atoms with van der Waals surface area (Å²) in [6.07, 6.45) is 3.24. The number of hydrogen-bond acceptors (Lipinski definition) is 4. The van der Waals surface area contributed by atoms with Gasteiger partial charge in [0.05, 0.1) is 16.9 Å². The maximum Gasteiger partial charge on any atom is 0.200 e. The van der Waals surface area contributed by atoms with E-state index in [1.165, 1.54) is 12.3 Å². The number of rotatable bonds is 2. The van der Waals surface area contributed by atoms with Crippen molar-refractivity contribution in [3.8, 4) is 0 Å². The topological polar surface area (TPSA) is 70.3 Å². The maximum atomic E-state index is 12.4. The zero-order valence-electron chi connectivity index (χ0n) is 10.3. The summed E-state index contributed by atoms with van der Waals surface area (Å²) in [5.41, 5.74) is 0.387. The quantitative estimate of drug-likeness (QED) is 0.522. The van der Waals surface area contributed by atoms with E-state index in [4.69, 9.17) is 4.42 Å². The van der Waals surface area contributed by atoms with E-state index in [1.807, 2.05) is 30.3 Å². The van der Waals surface area contributed by atoms with Gasteiger partial charge in [-0.1, -0.05) is 30.3 Å². The first-order valence-electron chi connectivity index (χ1n) is 5.99. The Hall–Kier alpha value is -2.88. The van der Waals surface area contributed by atoms with Crippen molar-refractivity contribution in [3.63, 3.8) is 0 Å². The summed E-state index contributed by atoms with van der Waals surface area (Å²) in [6, 6.07) is 11.1. The average molecular weight is 265 g/mol. The van der Waals surface area contributed by atoms with Gasteiger partial charge in [0.2, 0.25) is 5.43 Å². The molecule has 0 spiro atoms. The van der Waals surface area contributed by atoms with Gasteiger partial charge in [0, 0.05) is 0 Å². The molecule has 0 aliphatic heterocycles. The second-order valence-corrected chi connectivity index (χ2v) is 4.33. The Labute approximate surface area is 113 Å². The summed E-state index contributed by atoms with van der Waals surface area (Å²) in [6.45, 7) is 0. The van der Waals surface area contributed by atoms with Gasteiger partial charge < -0.3 is 14.3 Å². The number of hydrogen-bond donors (Lipinski definition) is 0. The average Bonchev–Trinajstić information content (AvgIpc) is 2.46. The fourth-order valence-corrected chi connectivity index (χ4v) is 2.18. The lowest BCUT2D eigenvalue weighted by Gasteiger charge is -2.03. The van der Waals surface area contributed by atoms with Crippen LogP contribution >= 0.6 is 0 Å². The predicted octanol–water partition coefficient (Wildman–Crippen LogP) is 1.71. The van der Waals surface area contributed by atoms with Gasteiger partial charge >= 0.3 is 0 Å². The highest BCUT2D eigenvalue weighted by molar-refractivity contribution is 6.05. The zero-order valence-corrected chi connectivity index (χ0v) is 10.3. The lowest BCUT2D eigenvalue weighted by molar-refractivity contribution is -0.297. The van der Waals surface area contributed by atoms with Crippen LogP contribution < -0.4 is 10.5 Å². The van der Waals surface area contributed by atoms with Crippen molar-refractivity contribution in [1.82, 2.24) is 0 Å². The van der Waals surface area contributed by atoms with Gasteiger partial charge in [0.15, 0.2) is 0 Å².